The first-order chi connectivity index (χ1) is 12.0. The van der Waals surface area contributed by atoms with Crippen molar-refractivity contribution >= 4 is 5.97 Å². The van der Waals surface area contributed by atoms with Crippen LogP contribution in [0, 0.1) is 0 Å². The van der Waals surface area contributed by atoms with Gasteiger partial charge in [-0.1, -0.05) is 97.3 Å². The number of carbonyl (C=O) groups excluding carboxylic acids is 1. The van der Waals surface area contributed by atoms with Crippen LogP contribution in [0.5, 0.6) is 0 Å². The van der Waals surface area contributed by atoms with E-state index in [1.54, 1.807) is 0 Å². The molecule has 0 radical (unpaired) electrons. The molecule has 0 heterocycles. The molecule has 0 aromatic carbocycles. The van der Waals surface area contributed by atoms with Crippen molar-refractivity contribution in [3.63, 3.8) is 0 Å². The molecule has 25 heavy (non-hydrogen) atoms. The summed E-state index contributed by atoms with van der Waals surface area (Å²) in [6, 6.07) is 0. The van der Waals surface area contributed by atoms with E-state index in [2.05, 4.69) is 13.8 Å². The van der Waals surface area contributed by atoms with Gasteiger partial charge in [-0.2, -0.15) is 4.89 Å². The number of hydrogen-bond donors (Lipinski definition) is 0. The first kappa shape index (κ1) is 24.4. The molecule has 3 heteroatoms. The van der Waals surface area contributed by atoms with Crippen LogP contribution >= 0.6 is 0 Å². The smallest absolute Gasteiger partial charge is 0.298 e. The maximum atomic E-state index is 11.7. The zero-order valence-corrected chi connectivity index (χ0v) is 17.5. The van der Waals surface area contributed by atoms with Crippen LogP contribution in [-0.4, -0.2) is 11.6 Å². The molecule has 0 bridgehead atoms. The number of rotatable bonds is 18. The highest BCUT2D eigenvalue weighted by molar-refractivity contribution is 5.68. The van der Waals surface area contributed by atoms with Crippen LogP contribution in [0.1, 0.15) is 130 Å². The summed E-state index contributed by atoms with van der Waals surface area (Å²) in [5.74, 6) is -0.223. The summed E-state index contributed by atoms with van der Waals surface area (Å²) in [6.45, 7) is 8.41. The summed E-state index contributed by atoms with van der Waals surface area (Å²) in [7, 11) is 0. The Morgan fingerprint density at radius 2 is 1.12 bits per heavy atom. The molecule has 0 aliphatic rings. The van der Waals surface area contributed by atoms with E-state index in [4.69, 9.17) is 9.78 Å². The van der Waals surface area contributed by atoms with Gasteiger partial charge in [0.1, 0.15) is 5.60 Å². The lowest BCUT2D eigenvalue weighted by atomic mass is 10.0. The topological polar surface area (TPSA) is 35.5 Å². The van der Waals surface area contributed by atoms with Crippen molar-refractivity contribution < 1.29 is 14.6 Å². The van der Waals surface area contributed by atoms with Crippen LogP contribution in [0.15, 0.2) is 0 Å². The van der Waals surface area contributed by atoms with Crippen LogP contribution in [0.25, 0.3) is 0 Å². The summed E-state index contributed by atoms with van der Waals surface area (Å²) < 4.78 is 0. The van der Waals surface area contributed by atoms with E-state index in [0.29, 0.717) is 6.42 Å². The lowest BCUT2D eigenvalue weighted by Crippen LogP contribution is -2.26. The SMILES string of the molecule is CCCCCCCCCCCCCC(=O)OOC(C)(C)CCCCC. The summed E-state index contributed by atoms with van der Waals surface area (Å²) in [5.41, 5.74) is -0.373. The highest BCUT2D eigenvalue weighted by Gasteiger charge is 2.21. The monoisotopic (exact) mass is 356 g/mol. The van der Waals surface area contributed by atoms with Crippen molar-refractivity contribution in [1.29, 1.82) is 0 Å². The molecule has 0 amide bonds. The predicted octanol–water partition coefficient (Wildman–Crippen LogP) is 7.52. The molecule has 3 nitrogen and oxygen atoms in total. The third kappa shape index (κ3) is 18.0. The fourth-order valence-electron chi connectivity index (χ4n) is 2.98. The Bertz CT molecular complexity index is 300. The van der Waals surface area contributed by atoms with Crippen molar-refractivity contribution in [3.8, 4) is 0 Å². The first-order valence-electron chi connectivity index (χ1n) is 10.9. The van der Waals surface area contributed by atoms with Gasteiger partial charge in [0.05, 0.1) is 0 Å². The van der Waals surface area contributed by atoms with Crippen LogP contribution < -0.4 is 0 Å². The number of unbranched alkanes of at least 4 members (excludes halogenated alkanes) is 12. The molecule has 0 unspecified atom stereocenters. The Morgan fingerprint density at radius 3 is 1.64 bits per heavy atom. The standard InChI is InChI=1S/C22H44O3/c1-5-7-9-10-11-12-13-14-15-16-17-19-21(23)24-25-22(3,4)20-18-8-6-2/h5-20H2,1-4H3. The average Bonchev–Trinajstić information content (AvgIpc) is 2.58. The molecular formula is C22H44O3. The summed E-state index contributed by atoms with van der Waals surface area (Å²) in [5, 5.41) is 0. The minimum atomic E-state index is -0.373. The average molecular weight is 357 g/mol. The number of carbonyl (C=O) groups is 1. The summed E-state index contributed by atoms with van der Waals surface area (Å²) in [6.07, 6.45) is 19.0. The van der Waals surface area contributed by atoms with Crippen molar-refractivity contribution in [1.82, 2.24) is 0 Å². The third-order valence-corrected chi connectivity index (χ3v) is 4.73. The van der Waals surface area contributed by atoms with E-state index in [1.165, 1.54) is 70.6 Å². The summed E-state index contributed by atoms with van der Waals surface area (Å²) >= 11 is 0. The summed E-state index contributed by atoms with van der Waals surface area (Å²) in [4.78, 5) is 22.1. The lowest BCUT2D eigenvalue weighted by Gasteiger charge is -2.22. The van der Waals surface area contributed by atoms with Crippen molar-refractivity contribution in [3.05, 3.63) is 0 Å². The first-order valence-corrected chi connectivity index (χ1v) is 10.9. The molecule has 0 aromatic heterocycles. The molecular weight excluding hydrogens is 312 g/mol. The van der Waals surface area contributed by atoms with Crippen LogP contribution in [0.4, 0.5) is 0 Å². The third-order valence-electron chi connectivity index (χ3n) is 4.73. The van der Waals surface area contributed by atoms with Crippen LogP contribution in [-0.2, 0) is 14.6 Å². The van der Waals surface area contributed by atoms with Gasteiger partial charge in [-0.15, -0.1) is 0 Å². The lowest BCUT2D eigenvalue weighted by molar-refractivity contribution is -0.326. The highest BCUT2D eigenvalue weighted by atomic mass is 17.2. The molecule has 0 fully saturated rings. The maximum Gasteiger partial charge on any atom is 0.342 e. The van der Waals surface area contributed by atoms with Crippen molar-refractivity contribution in [2.24, 2.45) is 0 Å². The fourth-order valence-corrected chi connectivity index (χ4v) is 2.98. The predicted molar refractivity (Wildman–Crippen MR) is 106 cm³/mol. The zero-order chi connectivity index (χ0) is 18.8. The molecule has 150 valence electrons. The maximum absolute atomic E-state index is 11.7. The van der Waals surface area contributed by atoms with Gasteiger partial charge in [0.25, 0.3) is 0 Å². The van der Waals surface area contributed by atoms with Gasteiger partial charge in [0, 0.05) is 6.42 Å². The van der Waals surface area contributed by atoms with Crippen molar-refractivity contribution in [2.45, 2.75) is 136 Å². The van der Waals surface area contributed by atoms with E-state index in [0.717, 1.165) is 25.7 Å². The van der Waals surface area contributed by atoms with Gasteiger partial charge in [-0.05, 0) is 26.7 Å². The minimum Gasteiger partial charge on any atom is -0.298 e. The second kappa shape index (κ2) is 16.9. The normalized spacial score (nSPS) is 11.7. The molecule has 0 N–H and O–H groups in total. The Hall–Kier alpha value is -0.570. The van der Waals surface area contributed by atoms with Crippen LogP contribution in [0.2, 0.25) is 0 Å². The molecule has 0 spiro atoms. The second-order valence-electron chi connectivity index (χ2n) is 8.04. The van der Waals surface area contributed by atoms with E-state index in [-0.39, 0.29) is 11.6 Å². The number of hydrogen-bond acceptors (Lipinski definition) is 3. The quantitative estimate of drug-likeness (QED) is 0.145. The van der Waals surface area contributed by atoms with E-state index in [9.17, 15) is 4.79 Å². The molecule has 0 aliphatic carbocycles. The molecule has 0 aromatic rings. The van der Waals surface area contributed by atoms with Crippen LogP contribution in [0.3, 0.4) is 0 Å². The van der Waals surface area contributed by atoms with Gasteiger partial charge < -0.3 is 0 Å². The highest BCUT2D eigenvalue weighted by Crippen LogP contribution is 2.19. The van der Waals surface area contributed by atoms with Gasteiger partial charge in [0.2, 0.25) is 0 Å². The Kier molecular flexibility index (Phi) is 16.5. The van der Waals surface area contributed by atoms with E-state index in [1.807, 2.05) is 13.8 Å². The molecule has 0 saturated heterocycles. The largest absolute Gasteiger partial charge is 0.342 e. The van der Waals surface area contributed by atoms with Crippen molar-refractivity contribution in [2.75, 3.05) is 0 Å². The Labute approximate surface area is 157 Å². The molecule has 0 aliphatic heterocycles. The minimum absolute atomic E-state index is 0.223. The van der Waals surface area contributed by atoms with Gasteiger partial charge in [-0.25, -0.2) is 4.79 Å². The molecule has 0 rings (SSSR count). The fraction of sp³-hybridized carbons (Fsp3) is 0.955. The van der Waals surface area contributed by atoms with Gasteiger partial charge in [-0.3, -0.25) is 4.89 Å². The zero-order valence-electron chi connectivity index (χ0n) is 17.5. The van der Waals surface area contributed by atoms with Gasteiger partial charge in [0.15, 0.2) is 0 Å². The molecule has 0 atom stereocenters. The molecule has 0 saturated carbocycles. The Morgan fingerprint density at radius 1 is 0.680 bits per heavy atom. The second-order valence-corrected chi connectivity index (χ2v) is 8.04. The van der Waals surface area contributed by atoms with E-state index < -0.39 is 0 Å². The Balaban J connectivity index is 3.40. The van der Waals surface area contributed by atoms with Gasteiger partial charge >= 0.3 is 5.97 Å². The van der Waals surface area contributed by atoms with E-state index >= 15 is 0 Å².